The van der Waals surface area contributed by atoms with Crippen LogP contribution < -0.4 is 16.4 Å². The summed E-state index contributed by atoms with van der Waals surface area (Å²) in [6, 6.07) is 14.4. The SMILES string of the molecule is COC(=O)C(CCSC)NC(=O)c1ccc(C2(N)C=CC=CN2)cc1-c1ccccc1. The molecule has 1 amide bonds. The monoisotopic (exact) mass is 437 g/mol. The minimum Gasteiger partial charge on any atom is -0.467 e. The van der Waals surface area contributed by atoms with Gasteiger partial charge in [-0.05, 0) is 65.6 Å². The molecule has 1 aliphatic heterocycles. The van der Waals surface area contributed by atoms with Gasteiger partial charge in [0.15, 0.2) is 0 Å². The number of amides is 1. The fourth-order valence-electron chi connectivity index (χ4n) is 3.40. The fraction of sp³-hybridized carbons (Fsp3) is 0.250. The summed E-state index contributed by atoms with van der Waals surface area (Å²) in [7, 11) is 1.32. The number of esters is 1. The van der Waals surface area contributed by atoms with Crippen molar-refractivity contribution in [3.05, 3.63) is 84.1 Å². The first-order chi connectivity index (χ1) is 15.0. The standard InChI is InChI=1S/C24H27N3O3S/c1-30-23(29)21(12-15-31-2)27-22(28)19-11-10-18(24(25)13-6-7-14-26-24)16-20(19)17-8-4-3-5-9-17/h3-11,13-14,16,21,26H,12,15,25H2,1-2H3,(H,27,28). The van der Waals surface area contributed by atoms with Gasteiger partial charge in [0.2, 0.25) is 0 Å². The first-order valence-electron chi connectivity index (χ1n) is 9.97. The maximum atomic E-state index is 13.2. The van der Waals surface area contributed by atoms with E-state index in [0.717, 1.165) is 22.4 Å². The molecule has 2 aromatic carbocycles. The lowest BCUT2D eigenvalue weighted by Crippen LogP contribution is -2.47. The van der Waals surface area contributed by atoms with E-state index in [9.17, 15) is 9.59 Å². The van der Waals surface area contributed by atoms with E-state index in [1.54, 1.807) is 24.0 Å². The van der Waals surface area contributed by atoms with Crippen LogP contribution in [0.15, 0.2) is 73.0 Å². The predicted molar refractivity (Wildman–Crippen MR) is 125 cm³/mol. The number of ether oxygens (including phenoxy) is 1. The summed E-state index contributed by atoms with van der Waals surface area (Å²) in [5.41, 5.74) is 8.56. The summed E-state index contributed by atoms with van der Waals surface area (Å²) >= 11 is 1.61. The number of hydrogen-bond donors (Lipinski definition) is 3. The Balaban J connectivity index is 1.99. The highest BCUT2D eigenvalue weighted by molar-refractivity contribution is 7.98. The van der Waals surface area contributed by atoms with Crippen LogP contribution in [-0.2, 0) is 15.2 Å². The molecular formula is C24H27N3O3S. The molecule has 2 atom stereocenters. The smallest absolute Gasteiger partial charge is 0.328 e. The van der Waals surface area contributed by atoms with Crippen molar-refractivity contribution in [1.82, 2.24) is 10.6 Å². The molecule has 6 nitrogen and oxygen atoms in total. The van der Waals surface area contributed by atoms with E-state index in [2.05, 4.69) is 10.6 Å². The number of thioether (sulfide) groups is 1. The van der Waals surface area contributed by atoms with E-state index in [1.165, 1.54) is 7.11 Å². The highest BCUT2D eigenvalue weighted by Gasteiger charge is 2.27. The maximum Gasteiger partial charge on any atom is 0.328 e. The first kappa shape index (κ1) is 22.7. The number of nitrogens with one attached hydrogen (secondary N) is 2. The molecule has 2 aromatic rings. The van der Waals surface area contributed by atoms with Gasteiger partial charge < -0.3 is 21.1 Å². The van der Waals surface area contributed by atoms with Gasteiger partial charge in [-0.25, -0.2) is 4.79 Å². The van der Waals surface area contributed by atoms with Crippen LogP contribution in [0.2, 0.25) is 0 Å². The molecule has 7 heteroatoms. The Labute approximate surface area is 186 Å². The zero-order valence-electron chi connectivity index (χ0n) is 17.6. The number of carbonyl (C=O) groups is 2. The summed E-state index contributed by atoms with van der Waals surface area (Å²) in [4.78, 5) is 25.4. The average Bonchev–Trinajstić information content (AvgIpc) is 2.81. The Kier molecular flexibility index (Phi) is 7.55. The summed E-state index contributed by atoms with van der Waals surface area (Å²) < 4.78 is 4.87. The topological polar surface area (TPSA) is 93.5 Å². The van der Waals surface area contributed by atoms with Gasteiger partial charge in [-0.2, -0.15) is 11.8 Å². The van der Waals surface area contributed by atoms with E-state index in [-0.39, 0.29) is 5.91 Å². The van der Waals surface area contributed by atoms with Gasteiger partial charge in [-0.15, -0.1) is 0 Å². The van der Waals surface area contributed by atoms with Crippen molar-refractivity contribution in [3.8, 4) is 11.1 Å². The molecule has 3 rings (SSSR count). The van der Waals surface area contributed by atoms with Crippen molar-refractivity contribution in [3.63, 3.8) is 0 Å². The zero-order chi connectivity index (χ0) is 22.3. The van der Waals surface area contributed by atoms with E-state index in [0.29, 0.717) is 12.0 Å². The molecule has 4 N–H and O–H groups in total. The molecule has 2 unspecified atom stereocenters. The molecule has 162 valence electrons. The second-order valence-corrected chi connectivity index (χ2v) is 8.17. The quantitative estimate of drug-likeness (QED) is 0.550. The lowest BCUT2D eigenvalue weighted by atomic mass is 9.90. The lowest BCUT2D eigenvalue weighted by molar-refractivity contribution is -0.142. The van der Waals surface area contributed by atoms with Crippen LogP contribution in [0.25, 0.3) is 11.1 Å². The van der Waals surface area contributed by atoms with E-state index >= 15 is 0 Å². The number of hydrogen-bond acceptors (Lipinski definition) is 6. The number of rotatable bonds is 8. The number of allylic oxidation sites excluding steroid dienone is 2. The molecule has 0 spiro atoms. The summed E-state index contributed by atoms with van der Waals surface area (Å²) in [5, 5.41) is 6.00. The molecule has 1 aliphatic rings. The second kappa shape index (κ2) is 10.3. The van der Waals surface area contributed by atoms with Crippen LogP contribution in [0.1, 0.15) is 22.3 Å². The Bertz CT molecular complexity index is 991. The third kappa shape index (κ3) is 5.37. The molecule has 0 fully saturated rings. The van der Waals surface area contributed by atoms with Crippen LogP contribution in [0.3, 0.4) is 0 Å². The fourth-order valence-corrected chi connectivity index (χ4v) is 3.87. The maximum absolute atomic E-state index is 13.2. The first-order valence-corrected chi connectivity index (χ1v) is 11.4. The Hall–Kier alpha value is -3.03. The van der Waals surface area contributed by atoms with Gasteiger partial charge in [-0.1, -0.05) is 42.5 Å². The summed E-state index contributed by atoms with van der Waals surface area (Å²) in [6.45, 7) is 0. The molecule has 0 bridgehead atoms. The number of nitrogens with two attached hydrogens (primary N) is 1. The van der Waals surface area contributed by atoms with Gasteiger partial charge in [0.25, 0.3) is 5.91 Å². The summed E-state index contributed by atoms with van der Waals surface area (Å²) in [5.74, 6) is -0.0595. The molecular weight excluding hydrogens is 410 g/mol. The highest BCUT2D eigenvalue weighted by Crippen LogP contribution is 2.29. The van der Waals surface area contributed by atoms with Crippen LogP contribution in [0, 0.1) is 0 Å². The number of benzene rings is 2. The largest absolute Gasteiger partial charge is 0.467 e. The van der Waals surface area contributed by atoms with Gasteiger partial charge in [0, 0.05) is 5.56 Å². The second-order valence-electron chi connectivity index (χ2n) is 7.19. The molecule has 0 saturated carbocycles. The molecule has 0 aliphatic carbocycles. The van der Waals surface area contributed by atoms with Gasteiger partial charge in [0.1, 0.15) is 11.7 Å². The molecule has 1 heterocycles. The van der Waals surface area contributed by atoms with Crippen molar-refractivity contribution in [2.75, 3.05) is 19.1 Å². The van der Waals surface area contributed by atoms with Crippen molar-refractivity contribution < 1.29 is 14.3 Å². The number of methoxy groups -OCH3 is 1. The van der Waals surface area contributed by atoms with E-state index in [4.69, 9.17) is 10.5 Å². The van der Waals surface area contributed by atoms with Crippen LogP contribution in [0.4, 0.5) is 0 Å². The van der Waals surface area contributed by atoms with E-state index < -0.39 is 17.7 Å². The predicted octanol–water partition coefficient (Wildman–Crippen LogP) is 3.16. The van der Waals surface area contributed by atoms with Crippen molar-refractivity contribution >= 4 is 23.6 Å². The van der Waals surface area contributed by atoms with Gasteiger partial charge in [0.05, 0.1) is 7.11 Å². The van der Waals surface area contributed by atoms with Crippen molar-refractivity contribution in [2.24, 2.45) is 5.73 Å². The molecule has 0 aromatic heterocycles. The third-order valence-electron chi connectivity index (χ3n) is 5.12. The summed E-state index contributed by atoms with van der Waals surface area (Å²) in [6.07, 6.45) is 9.85. The van der Waals surface area contributed by atoms with Crippen LogP contribution in [-0.4, -0.2) is 37.0 Å². The normalized spacial score (nSPS) is 18.2. The minimum atomic E-state index is -0.875. The molecule has 0 radical (unpaired) electrons. The Morgan fingerprint density at radius 3 is 2.61 bits per heavy atom. The van der Waals surface area contributed by atoms with Crippen LogP contribution in [0.5, 0.6) is 0 Å². The average molecular weight is 438 g/mol. The molecule has 0 saturated heterocycles. The van der Waals surface area contributed by atoms with E-state index in [1.807, 2.05) is 66.9 Å². The van der Waals surface area contributed by atoms with Gasteiger partial charge in [-0.3, -0.25) is 4.79 Å². The Morgan fingerprint density at radius 2 is 1.97 bits per heavy atom. The van der Waals surface area contributed by atoms with Crippen LogP contribution >= 0.6 is 11.8 Å². The zero-order valence-corrected chi connectivity index (χ0v) is 18.4. The number of carbonyl (C=O) groups excluding carboxylic acids is 2. The van der Waals surface area contributed by atoms with Gasteiger partial charge >= 0.3 is 5.97 Å². The third-order valence-corrected chi connectivity index (χ3v) is 5.76. The lowest BCUT2D eigenvalue weighted by Gasteiger charge is -2.30. The minimum absolute atomic E-state index is 0.333. The highest BCUT2D eigenvalue weighted by atomic mass is 32.2. The Morgan fingerprint density at radius 1 is 1.19 bits per heavy atom. The number of dihydropyridines is 1. The van der Waals surface area contributed by atoms with Crippen molar-refractivity contribution in [1.29, 1.82) is 0 Å². The van der Waals surface area contributed by atoms with Crippen molar-refractivity contribution in [2.45, 2.75) is 18.1 Å². The molecule has 31 heavy (non-hydrogen) atoms.